The van der Waals surface area contributed by atoms with Crippen molar-refractivity contribution in [3.8, 4) is 5.75 Å². The molecule has 1 aromatic carbocycles. The van der Waals surface area contributed by atoms with E-state index in [1.807, 2.05) is 13.0 Å². The first kappa shape index (κ1) is 9.58. The van der Waals surface area contributed by atoms with E-state index >= 15 is 0 Å². The number of furan rings is 1. The van der Waals surface area contributed by atoms with Gasteiger partial charge in [0.25, 0.3) is 0 Å². The summed E-state index contributed by atoms with van der Waals surface area (Å²) in [4.78, 5) is 10.7. The summed E-state index contributed by atoms with van der Waals surface area (Å²) in [5, 5.41) is 9.53. The number of methoxy groups -OCH3 is 1. The summed E-state index contributed by atoms with van der Waals surface area (Å²) in [6.45, 7) is 1.89. The number of carboxylic acid groups (broad SMARTS) is 1. The highest BCUT2D eigenvalue weighted by Crippen LogP contribution is 2.27. The number of ether oxygens (including phenoxy) is 1. The Bertz CT molecular complexity index is 525. The Balaban J connectivity index is 2.66. The van der Waals surface area contributed by atoms with Crippen molar-refractivity contribution in [1.29, 1.82) is 0 Å². The molecule has 0 aliphatic rings. The molecule has 2 rings (SSSR count). The lowest BCUT2D eigenvalue weighted by Crippen LogP contribution is -1.91. The highest BCUT2D eigenvalue weighted by molar-refractivity contribution is 5.92. The number of fused-ring (bicyclic) bond motifs is 1. The van der Waals surface area contributed by atoms with Crippen molar-refractivity contribution in [1.82, 2.24) is 0 Å². The first-order valence-corrected chi connectivity index (χ1v) is 4.43. The Morgan fingerprint density at radius 2 is 2.13 bits per heavy atom. The van der Waals surface area contributed by atoms with Crippen molar-refractivity contribution in [2.75, 3.05) is 7.11 Å². The average molecular weight is 206 g/mol. The first-order chi connectivity index (χ1) is 7.11. The maximum atomic E-state index is 10.7. The van der Waals surface area contributed by atoms with Crippen LogP contribution < -0.4 is 4.74 Å². The van der Waals surface area contributed by atoms with E-state index in [-0.39, 0.29) is 5.76 Å². The number of carboxylic acids is 1. The van der Waals surface area contributed by atoms with Crippen LogP contribution in [0.15, 0.2) is 22.6 Å². The van der Waals surface area contributed by atoms with Crippen LogP contribution in [0.1, 0.15) is 16.1 Å². The van der Waals surface area contributed by atoms with Gasteiger partial charge >= 0.3 is 5.97 Å². The summed E-state index contributed by atoms with van der Waals surface area (Å²) in [6.07, 6.45) is 0. The standard InChI is InChI=1S/C11H10O4/c1-6-3-7-4-10(11(12)13)15-9(7)5-8(6)14-2/h3-5H,1-2H3,(H,12,13). The van der Waals surface area contributed by atoms with Crippen LogP contribution in [0.2, 0.25) is 0 Å². The van der Waals surface area contributed by atoms with Crippen molar-refractivity contribution >= 4 is 16.9 Å². The first-order valence-electron chi connectivity index (χ1n) is 4.43. The molecule has 1 N–H and O–H groups in total. The predicted octanol–water partition coefficient (Wildman–Crippen LogP) is 2.45. The minimum Gasteiger partial charge on any atom is -0.496 e. The number of hydrogen-bond acceptors (Lipinski definition) is 3. The van der Waals surface area contributed by atoms with E-state index in [0.29, 0.717) is 11.3 Å². The quantitative estimate of drug-likeness (QED) is 0.819. The van der Waals surface area contributed by atoms with Crippen molar-refractivity contribution in [3.63, 3.8) is 0 Å². The van der Waals surface area contributed by atoms with Crippen LogP contribution in [0.5, 0.6) is 5.75 Å². The van der Waals surface area contributed by atoms with Gasteiger partial charge in [-0.1, -0.05) is 0 Å². The molecule has 1 heterocycles. The molecule has 0 unspecified atom stereocenters. The number of rotatable bonds is 2. The van der Waals surface area contributed by atoms with E-state index in [9.17, 15) is 4.79 Å². The number of carbonyl (C=O) groups is 1. The summed E-state index contributed by atoms with van der Waals surface area (Å²) in [7, 11) is 1.56. The Hall–Kier alpha value is -1.97. The molecular weight excluding hydrogens is 196 g/mol. The van der Waals surface area contributed by atoms with Crippen LogP contribution in [0.3, 0.4) is 0 Å². The molecular formula is C11H10O4. The number of benzene rings is 1. The van der Waals surface area contributed by atoms with Gasteiger partial charge in [-0.25, -0.2) is 4.79 Å². The fourth-order valence-electron chi connectivity index (χ4n) is 1.51. The fourth-order valence-corrected chi connectivity index (χ4v) is 1.51. The third-order valence-electron chi connectivity index (χ3n) is 2.24. The second-order valence-corrected chi connectivity index (χ2v) is 3.28. The monoisotopic (exact) mass is 206 g/mol. The Morgan fingerprint density at radius 1 is 1.40 bits per heavy atom. The molecule has 78 valence electrons. The number of hydrogen-bond donors (Lipinski definition) is 1. The third kappa shape index (κ3) is 1.54. The number of aromatic carboxylic acids is 1. The minimum atomic E-state index is -1.07. The molecule has 2 aromatic rings. The van der Waals surface area contributed by atoms with Crippen molar-refractivity contribution in [2.45, 2.75) is 6.92 Å². The van der Waals surface area contributed by atoms with Gasteiger partial charge in [-0.05, 0) is 24.6 Å². The molecule has 0 spiro atoms. The highest BCUT2D eigenvalue weighted by Gasteiger charge is 2.12. The van der Waals surface area contributed by atoms with Gasteiger partial charge in [0, 0.05) is 11.5 Å². The van der Waals surface area contributed by atoms with Gasteiger partial charge in [-0.15, -0.1) is 0 Å². The normalized spacial score (nSPS) is 10.5. The van der Waals surface area contributed by atoms with Crippen LogP contribution in [0.4, 0.5) is 0 Å². The lowest BCUT2D eigenvalue weighted by atomic mass is 10.1. The van der Waals surface area contributed by atoms with Crippen LogP contribution in [-0.4, -0.2) is 18.2 Å². The summed E-state index contributed by atoms with van der Waals surface area (Å²) in [5.74, 6) is -0.436. The average Bonchev–Trinajstić information content (AvgIpc) is 2.59. The van der Waals surface area contributed by atoms with Crippen LogP contribution in [-0.2, 0) is 0 Å². The molecule has 1 aromatic heterocycles. The largest absolute Gasteiger partial charge is 0.496 e. The molecule has 15 heavy (non-hydrogen) atoms. The van der Waals surface area contributed by atoms with Crippen LogP contribution in [0, 0.1) is 6.92 Å². The summed E-state index contributed by atoms with van der Waals surface area (Å²) < 4.78 is 10.3. The fraction of sp³-hybridized carbons (Fsp3) is 0.182. The predicted molar refractivity (Wildman–Crippen MR) is 54.5 cm³/mol. The topological polar surface area (TPSA) is 59.7 Å². The summed E-state index contributed by atoms with van der Waals surface area (Å²) >= 11 is 0. The van der Waals surface area contributed by atoms with Crippen molar-refractivity contribution in [2.24, 2.45) is 0 Å². The zero-order chi connectivity index (χ0) is 11.0. The molecule has 0 radical (unpaired) electrons. The molecule has 0 atom stereocenters. The van der Waals surface area contributed by atoms with E-state index < -0.39 is 5.97 Å². The van der Waals surface area contributed by atoms with Crippen molar-refractivity contribution in [3.05, 3.63) is 29.5 Å². The van der Waals surface area contributed by atoms with Gasteiger partial charge in [0.05, 0.1) is 7.11 Å². The number of aryl methyl sites for hydroxylation is 1. The molecule has 0 saturated heterocycles. The Labute approximate surface area is 86.1 Å². The van der Waals surface area contributed by atoms with E-state index in [1.54, 1.807) is 13.2 Å². The van der Waals surface area contributed by atoms with E-state index in [4.69, 9.17) is 14.3 Å². The third-order valence-corrected chi connectivity index (χ3v) is 2.24. The lowest BCUT2D eigenvalue weighted by molar-refractivity contribution is 0.0665. The van der Waals surface area contributed by atoms with Gasteiger partial charge in [-0.2, -0.15) is 0 Å². The van der Waals surface area contributed by atoms with Gasteiger partial charge in [0.1, 0.15) is 11.3 Å². The SMILES string of the molecule is COc1cc2oc(C(=O)O)cc2cc1C. The second kappa shape index (κ2) is 3.31. The Morgan fingerprint density at radius 3 is 2.73 bits per heavy atom. The van der Waals surface area contributed by atoms with Gasteiger partial charge < -0.3 is 14.3 Å². The molecule has 4 nitrogen and oxygen atoms in total. The highest BCUT2D eigenvalue weighted by atomic mass is 16.5. The second-order valence-electron chi connectivity index (χ2n) is 3.28. The van der Waals surface area contributed by atoms with Gasteiger partial charge in [0.15, 0.2) is 0 Å². The molecule has 0 bridgehead atoms. The zero-order valence-electron chi connectivity index (χ0n) is 8.40. The summed E-state index contributed by atoms with van der Waals surface area (Å²) in [5.41, 5.74) is 1.47. The van der Waals surface area contributed by atoms with Gasteiger partial charge in [0.2, 0.25) is 5.76 Å². The van der Waals surface area contributed by atoms with E-state index in [0.717, 1.165) is 10.9 Å². The minimum absolute atomic E-state index is 0.0577. The van der Waals surface area contributed by atoms with Gasteiger partial charge in [-0.3, -0.25) is 0 Å². The van der Waals surface area contributed by atoms with Crippen LogP contribution >= 0.6 is 0 Å². The summed E-state index contributed by atoms with van der Waals surface area (Å²) in [6, 6.07) is 5.03. The molecule has 0 aliphatic carbocycles. The van der Waals surface area contributed by atoms with E-state index in [2.05, 4.69) is 0 Å². The Kier molecular flexibility index (Phi) is 2.11. The van der Waals surface area contributed by atoms with Crippen molar-refractivity contribution < 1.29 is 19.1 Å². The molecule has 4 heteroatoms. The smallest absolute Gasteiger partial charge is 0.371 e. The van der Waals surface area contributed by atoms with Crippen LogP contribution in [0.25, 0.3) is 11.0 Å². The molecule has 0 saturated carbocycles. The maximum absolute atomic E-state index is 10.7. The van der Waals surface area contributed by atoms with E-state index in [1.165, 1.54) is 6.07 Å². The molecule has 0 aliphatic heterocycles. The molecule has 0 amide bonds. The zero-order valence-corrected chi connectivity index (χ0v) is 8.40. The lowest BCUT2D eigenvalue weighted by Gasteiger charge is -2.02. The molecule has 0 fully saturated rings. The maximum Gasteiger partial charge on any atom is 0.371 e.